The van der Waals surface area contributed by atoms with Crippen molar-refractivity contribution in [2.75, 3.05) is 5.73 Å². The molecule has 1 amide bonds. The Balaban J connectivity index is 2.46. The molecule has 2 aromatic carbocycles. The highest BCUT2D eigenvalue weighted by atomic mass is 16.6. The quantitative estimate of drug-likeness (QED) is 0.508. The maximum atomic E-state index is 11.1. The molecule has 108 valence electrons. The molecule has 0 saturated heterocycles. The molecule has 21 heavy (non-hydrogen) atoms. The summed E-state index contributed by atoms with van der Waals surface area (Å²) in [5.74, 6) is -0.452. The van der Waals surface area contributed by atoms with Gasteiger partial charge in [-0.2, -0.15) is 0 Å². The highest BCUT2D eigenvalue weighted by Crippen LogP contribution is 2.35. The van der Waals surface area contributed by atoms with Gasteiger partial charge in [-0.05, 0) is 30.7 Å². The zero-order valence-corrected chi connectivity index (χ0v) is 11.2. The predicted octanol–water partition coefficient (Wildman–Crippen LogP) is 2.38. The molecule has 7 heteroatoms. The third-order valence-corrected chi connectivity index (χ3v) is 2.94. The van der Waals surface area contributed by atoms with E-state index >= 15 is 0 Å². The summed E-state index contributed by atoms with van der Waals surface area (Å²) in [6.07, 6.45) is 0. The smallest absolute Gasteiger partial charge is 0.312 e. The highest BCUT2D eigenvalue weighted by molar-refractivity contribution is 5.93. The number of nitro groups is 1. The van der Waals surface area contributed by atoms with Gasteiger partial charge in [0, 0.05) is 11.6 Å². The molecule has 0 saturated carbocycles. The van der Waals surface area contributed by atoms with E-state index in [1.165, 1.54) is 12.1 Å². The van der Waals surface area contributed by atoms with Crippen molar-refractivity contribution in [1.29, 1.82) is 0 Å². The van der Waals surface area contributed by atoms with Gasteiger partial charge in [-0.3, -0.25) is 14.9 Å². The Labute approximate surface area is 120 Å². The summed E-state index contributed by atoms with van der Waals surface area (Å²) in [5, 5.41) is 11.1. The second-order valence-electron chi connectivity index (χ2n) is 4.39. The van der Waals surface area contributed by atoms with Crippen LogP contribution in [-0.2, 0) is 0 Å². The van der Waals surface area contributed by atoms with Crippen molar-refractivity contribution in [1.82, 2.24) is 0 Å². The minimum atomic E-state index is -0.750. The minimum Gasteiger partial charge on any atom is -0.448 e. The van der Waals surface area contributed by atoms with E-state index in [0.717, 1.165) is 11.6 Å². The van der Waals surface area contributed by atoms with Gasteiger partial charge >= 0.3 is 5.69 Å². The lowest BCUT2D eigenvalue weighted by atomic mass is 10.1. The number of amides is 1. The van der Waals surface area contributed by atoms with Crippen molar-refractivity contribution in [3.63, 3.8) is 0 Å². The van der Waals surface area contributed by atoms with Crippen molar-refractivity contribution in [3.05, 3.63) is 57.6 Å². The average Bonchev–Trinajstić information content (AvgIpc) is 2.43. The molecule has 0 unspecified atom stereocenters. The van der Waals surface area contributed by atoms with E-state index in [2.05, 4.69) is 0 Å². The maximum Gasteiger partial charge on any atom is 0.312 e. The van der Waals surface area contributed by atoms with Crippen LogP contribution in [0.15, 0.2) is 36.4 Å². The largest absolute Gasteiger partial charge is 0.448 e. The van der Waals surface area contributed by atoms with Crippen molar-refractivity contribution in [2.24, 2.45) is 5.73 Å². The molecule has 0 radical (unpaired) electrons. The topological polar surface area (TPSA) is 121 Å². The Hall–Kier alpha value is -3.09. The summed E-state index contributed by atoms with van der Waals surface area (Å²) in [6, 6.07) is 8.88. The number of aryl methyl sites for hydroxylation is 1. The van der Waals surface area contributed by atoms with Gasteiger partial charge in [-0.15, -0.1) is 0 Å². The third kappa shape index (κ3) is 2.92. The van der Waals surface area contributed by atoms with Gasteiger partial charge in [0.05, 0.1) is 10.6 Å². The first-order valence-electron chi connectivity index (χ1n) is 6.01. The number of nitrogen functional groups attached to an aromatic ring is 1. The average molecular weight is 287 g/mol. The number of primary amides is 1. The summed E-state index contributed by atoms with van der Waals surface area (Å²) in [5.41, 5.74) is 11.8. The van der Waals surface area contributed by atoms with E-state index in [1.807, 2.05) is 0 Å². The number of benzene rings is 2. The monoisotopic (exact) mass is 287 g/mol. The molecule has 0 atom stereocenters. The number of rotatable bonds is 4. The zero-order valence-electron chi connectivity index (χ0n) is 11.2. The molecular formula is C14H13N3O4. The molecule has 4 N–H and O–H groups in total. The van der Waals surface area contributed by atoms with Gasteiger partial charge in [0.1, 0.15) is 0 Å². The van der Waals surface area contributed by atoms with Gasteiger partial charge in [-0.25, -0.2) is 0 Å². The van der Waals surface area contributed by atoms with E-state index in [0.29, 0.717) is 11.4 Å². The van der Waals surface area contributed by atoms with Crippen LogP contribution in [0.3, 0.4) is 0 Å². The molecule has 0 bridgehead atoms. The van der Waals surface area contributed by atoms with Crippen LogP contribution in [0.2, 0.25) is 0 Å². The molecule has 0 heterocycles. The first-order chi connectivity index (χ1) is 9.90. The van der Waals surface area contributed by atoms with Crippen molar-refractivity contribution < 1.29 is 14.5 Å². The molecule has 2 aromatic rings. The zero-order chi connectivity index (χ0) is 15.6. The number of carbonyl (C=O) groups is 1. The number of hydrogen-bond acceptors (Lipinski definition) is 5. The van der Waals surface area contributed by atoms with E-state index < -0.39 is 10.8 Å². The molecule has 0 aromatic heterocycles. The first-order valence-corrected chi connectivity index (χ1v) is 6.01. The molecule has 0 fully saturated rings. The van der Waals surface area contributed by atoms with Crippen LogP contribution in [0.4, 0.5) is 11.4 Å². The van der Waals surface area contributed by atoms with Gasteiger partial charge in [0.2, 0.25) is 11.7 Å². The first kappa shape index (κ1) is 14.3. The van der Waals surface area contributed by atoms with Crippen molar-refractivity contribution >= 4 is 17.3 Å². The highest BCUT2D eigenvalue weighted by Gasteiger charge is 2.19. The molecule has 0 aliphatic heterocycles. The van der Waals surface area contributed by atoms with Crippen LogP contribution in [0.1, 0.15) is 15.9 Å². The van der Waals surface area contributed by atoms with Crippen LogP contribution in [0.25, 0.3) is 0 Å². The second kappa shape index (κ2) is 5.49. The number of ether oxygens (including phenoxy) is 1. The Kier molecular flexibility index (Phi) is 3.75. The summed E-state index contributed by atoms with van der Waals surface area (Å²) in [6.45, 7) is 1.80. The van der Waals surface area contributed by atoms with Crippen LogP contribution in [0.5, 0.6) is 11.5 Å². The molecule has 0 spiro atoms. The standard InChI is InChI=1S/C14H13N3O4/c1-8-3-2-4-12(13(8)15)21-11-6-5-9(14(16)18)7-10(11)17(19)20/h2-7H,15H2,1H3,(H2,16,18). The minimum absolute atomic E-state index is 0.0118. The lowest BCUT2D eigenvalue weighted by Gasteiger charge is -2.10. The number of anilines is 1. The Morgan fingerprint density at radius 1 is 1.24 bits per heavy atom. The normalized spacial score (nSPS) is 10.1. The fraction of sp³-hybridized carbons (Fsp3) is 0.0714. The lowest BCUT2D eigenvalue weighted by Crippen LogP contribution is -2.11. The third-order valence-electron chi connectivity index (χ3n) is 2.94. The van der Waals surface area contributed by atoms with Crippen LogP contribution in [0, 0.1) is 17.0 Å². The SMILES string of the molecule is Cc1cccc(Oc2ccc(C(N)=O)cc2[N+](=O)[O-])c1N. The molecular weight excluding hydrogens is 274 g/mol. The van der Waals surface area contributed by atoms with Crippen LogP contribution >= 0.6 is 0 Å². The number of nitrogens with two attached hydrogens (primary N) is 2. The molecule has 2 rings (SSSR count). The summed E-state index contributed by atoms with van der Waals surface area (Å²) in [7, 11) is 0. The van der Waals surface area contributed by atoms with Crippen LogP contribution < -0.4 is 16.2 Å². The van der Waals surface area contributed by atoms with Crippen molar-refractivity contribution in [3.8, 4) is 11.5 Å². The molecule has 7 nitrogen and oxygen atoms in total. The number of carbonyl (C=O) groups excluding carboxylic acids is 1. The Bertz CT molecular complexity index is 728. The van der Waals surface area contributed by atoms with Gasteiger partial charge in [-0.1, -0.05) is 12.1 Å². The summed E-state index contributed by atoms with van der Waals surface area (Å²) in [4.78, 5) is 21.5. The molecule has 0 aliphatic carbocycles. The number of hydrogen-bond donors (Lipinski definition) is 2. The number of nitrogens with zero attached hydrogens (tertiary/aromatic N) is 1. The van der Waals surface area contributed by atoms with Crippen molar-refractivity contribution in [2.45, 2.75) is 6.92 Å². The lowest BCUT2D eigenvalue weighted by molar-refractivity contribution is -0.385. The summed E-state index contributed by atoms with van der Waals surface area (Å²) < 4.78 is 5.50. The fourth-order valence-corrected chi connectivity index (χ4v) is 1.76. The predicted molar refractivity (Wildman–Crippen MR) is 77.3 cm³/mol. The number of nitro benzene ring substituents is 1. The van der Waals surface area contributed by atoms with Gasteiger partial charge < -0.3 is 16.2 Å². The second-order valence-corrected chi connectivity index (χ2v) is 4.39. The Morgan fingerprint density at radius 3 is 2.57 bits per heavy atom. The van der Waals surface area contributed by atoms with E-state index in [4.69, 9.17) is 16.2 Å². The van der Waals surface area contributed by atoms with Gasteiger partial charge in [0.15, 0.2) is 5.75 Å². The van der Waals surface area contributed by atoms with E-state index in [-0.39, 0.29) is 17.0 Å². The van der Waals surface area contributed by atoms with Crippen LogP contribution in [-0.4, -0.2) is 10.8 Å². The number of para-hydroxylation sites is 1. The fourth-order valence-electron chi connectivity index (χ4n) is 1.76. The molecule has 0 aliphatic rings. The summed E-state index contributed by atoms with van der Waals surface area (Å²) >= 11 is 0. The maximum absolute atomic E-state index is 11.1. The van der Waals surface area contributed by atoms with Gasteiger partial charge in [0.25, 0.3) is 0 Å². The van der Waals surface area contributed by atoms with E-state index in [1.54, 1.807) is 25.1 Å². The Morgan fingerprint density at radius 2 is 1.95 bits per heavy atom. The van der Waals surface area contributed by atoms with E-state index in [9.17, 15) is 14.9 Å².